The molecule has 1 unspecified atom stereocenters. The molecule has 1 aliphatic rings. The maximum absolute atomic E-state index is 13.3. The van der Waals surface area contributed by atoms with Crippen LogP contribution in [0.15, 0.2) is 53.4 Å². The number of hydrogen-bond donors (Lipinski definition) is 0. The Morgan fingerprint density at radius 2 is 1.84 bits per heavy atom. The van der Waals surface area contributed by atoms with Gasteiger partial charge in [0.1, 0.15) is 16.4 Å². The van der Waals surface area contributed by atoms with Crippen LogP contribution in [0.25, 0.3) is 0 Å². The van der Waals surface area contributed by atoms with Crippen molar-refractivity contribution in [3.05, 3.63) is 54.1 Å². The van der Waals surface area contributed by atoms with E-state index in [1.807, 2.05) is 30.3 Å². The Hall–Kier alpha value is -2.05. The zero-order valence-electron chi connectivity index (χ0n) is 14.5. The van der Waals surface area contributed by atoms with Crippen LogP contribution in [-0.4, -0.2) is 39.5 Å². The second-order valence-electron chi connectivity index (χ2n) is 6.12. The number of nitrogens with zero attached hydrogens (tertiary/aromatic N) is 1. The highest BCUT2D eigenvalue weighted by Gasteiger charge is 2.37. The first kappa shape index (κ1) is 17.8. The normalized spacial score (nSPS) is 18.2. The molecule has 2 aromatic rings. The van der Waals surface area contributed by atoms with Crippen LogP contribution in [0, 0.1) is 0 Å². The summed E-state index contributed by atoms with van der Waals surface area (Å²) in [6.07, 6.45) is 2.44. The zero-order chi connectivity index (χ0) is 17.9. The van der Waals surface area contributed by atoms with Crippen molar-refractivity contribution < 1.29 is 17.9 Å². The van der Waals surface area contributed by atoms with Gasteiger partial charge in [0.15, 0.2) is 0 Å². The van der Waals surface area contributed by atoms with E-state index in [1.165, 1.54) is 20.3 Å². The molecule has 0 amide bonds. The zero-order valence-corrected chi connectivity index (χ0v) is 15.3. The van der Waals surface area contributed by atoms with E-state index >= 15 is 0 Å². The van der Waals surface area contributed by atoms with E-state index < -0.39 is 10.0 Å². The third-order valence-electron chi connectivity index (χ3n) is 4.59. The van der Waals surface area contributed by atoms with Crippen molar-refractivity contribution in [3.8, 4) is 11.5 Å². The summed E-state index contributed by atoms with van der Waals surface area (Å²) in [5, 5.41) is 0. The molecule has 1 aliphatic heterocycles. The summed E-state index contributed by atoms with van der Waals surface area (Å²) in [7, 11) is -0.656. The lowest BCUT2D eigenvalue weighted by Crippen LogP contribution is -2.37. The Labute approximate surface area is 149 Å². The van der Waals surface area contributed by atoms with Gasteiger partial charge in [-0.05, 0) is 37.0 Å². The van der Waals surface area contributed by atoms with Crippen molar-refractivity contribution in [2.45, 2.75) is 30.2 Å². The SMILES string of the molecule is COc1ccc(OC)c(S(=O)(=O)N2CCCC2Cc2ccccc2)c1. The van der Waals surface area contributed by atoms with Crippen LogP contribution in [0.3, 0.4) is 0 Å². The molecule has 1 heterocycles. The predicted molar refractivity (Wildman–Crippen MR) is 96.6 cm³/mol. The van der Waals surface area contributed by atoms with Crippen molar-refractivity contribution in [3.63, 3.8) is 0 Å². The number of sulfonamides is 1. The van der Waals surface area contributed by atoms with Crippen molar-refractivity contribution in [2.24, 2.45) is 0 Å². The number of benzene rings is 2. The topological polar surface area (TPSA) is 55.8 Å². The fourth-order valence-corrected chi connectivity index (χ4v) is 5.19. The number of rotatable bonds is 6. The molecule has 0 aromatic heterocycles. The van der Waals surface area contributed by atoms with Crippen LogP contribution in [0.4, 0.5) is 0 Å². The number of ether oxygens (including phenoxy) is 2. The van der Waals surface area contributed by atoms with E-state index in [9.17, 15) is 8.42 Å². The molecule has 25 heavy (non-hydrogen) atoms. The molecule has 6 heteroatoms. The Kier molecular flexibility index (Phi) is 5.30. The number of hydrogen-bond acceptors (Lipinski definition) is 4. The smallest absolute Gasteiger partial charge is 0.247 e. The van der Waals surface area contributed by atoms with Crippen molar-refractivity contribution in [1.82, 2.24) is 4.31 Å². The Morgan fingerprint density at radius 3 is 2.52 bits per heavy atom. The average molecular weight is 361 g/mol. The van der Waals surface area contributed by atoms with Gasteiger partial charge in [-0.15, -0.1) is 0 Å². The summed E-state index contributed by atoms with van der Waals surface area (Å²) in [5.41, 5.74) is 1.15. The molecular formula is C19H23NO4S. The molecule has 0 radical (unpaired) electrons. The van der Waals surface area contributed by atoms with Crippen LogP contribution < -0.4 is 9.47 Å². The molecule has 3 rings (SSSR count). The first-order valence-corrected chi connectivity index (χ1v) is 9.78. The Balaban J connectivity index is 1.93. The van der Waals surface area contributed by atoms with Gasteiger partial charge in [0.25, 0.3) is 0 Å². The van der Waals surface area contributed by atoms with Gasteiger partial charge in [0, 0.05) is 18.7 Å². The van der Waals surface area contributed by atoms with Gasteiger partial charge in [-0.25, -0.2) is 8.42 Å². The highest BCUT2D eigenvalue weighted by molar-refractivity contribution is 7.89. The van der Waals surface area contributed by atoms with Gasteiger partial charge < -0.3 is 9.47 Å². The third-order valence-corrected chi connectivity index (χ3v) is 6.57. The summed E-state index contributed by atoms with van der Waals surface area (Å²) in [5.74, 6) is 0.837. The van der Waals surface area contributed by atoms with Gasteiger partial charge >= 0.3 is 0 Å². The maximum Gasteiger partial charge on any atom is 0.247 e. The molecule has 0 saturated carbocycles. The molecule has 0 spiro atoms. The minimum Gasteiger partial charge on any atom is -0.497 e. The highest BCUT2D eigenvalue weighted by atomic mass is 32.2. The van der Waals surface area contributed by atoms with Crippen molar-refractivity contribution >= 4 is 10.0 Å². The van der Waals surface area contributed by atoms with E-state index in [1.54, 1.807) is 16.4 Å². The van der Waals surface area contributed by atoms with Crippen LogP contribution in [0.2, 0.25) is 0 Å². The van der Waals surface area contributed by atoms with E-state index in [0.717, 1.165) is 18.4 Å². The molecule has 1 atom stereocenters. The molecule has 134 valence electrons. The van der Waals surface area contributed by atoms with Crippen molar-refractivity contribution in [1.29, 1.82) is 0 Å². The molecular weight excluding hydrogens is 338 g/mol. The van der Waals surface area contributed by atoms with E-state index in [0.29, 0.717) is 24.5 Å². The molecule has 0 bridgehead atoms. The molecule has 1 saturated heterocycles. The molecule has 5 nitrogen and oxygen atoms in total. The fourth-order valence-electron chi connectivity index (χ4n) is 3.33. The standard InChI is InChI=1S/C19H23NO4S/c1-23-17-10-11-18(24-2)19(14-17)25(21,22)20-12-6-9-16(20)13-15-7-4-3-5-8-15/h3-5,7-8,10-11,14,16H,6,9,12-13H2,1-2H3. The average Bonchev–Trinajstić information content (AvgIpc) is 3.11. The van der Waals surface area contributed by atoms with E-state index in [2.05, 4.69) is 0 Å². The van der Waals surface area contributed by atoms with Crippen LogP contribution >= 0.6 is 0 Å². The second-order valence-corrected chi connectivity index (χ2v) is 7.98. The lowest BCUT2D eigenvalue weighted by atomic mass is 10.1. The summed E-state index contributed by atoms with van der Waals surface area (Å²) >= 11 is 0. The highest BCUT2D eigenvalue weighted by Crippen LogP contribution is 2.34. The summed E-state index contributed by atoms with van der Waals surface area (Å²) in [6, 6.07) is 14.8. The monoisotopic (exact) mass is 361 g/mol. The first-order valence-electron chi connectivity index (χ1n) is 8.34. The minimum atomic E-state index is -3.65. The van der Waals surface area contributed by atoms with Gasteiger partial charge in [-0.1, -0.05) is 30.3 Å². The van der Waals surface area contributed by atoms with E-state index in [4.69, 9.17) is 9.47 Å². The summed E-state index contributed by atoms with van der Waals surface area (Å²) in [6.45, 7) is 0.528. The molecule has 2 aromatic carbocycles. The van der Waals surface area contributed by atoms with E-state index in [-0.39, 0.29) is 10.9 Å². The van der Waals surface area contributed by atoms with Gasteiger partial charge in [0.05, 0.1) is 14.2 Å². The molecule has 0 aliphatic carbocycles. The minimum absolute atomic E-state index is 0.0386. The fraction of sp³-hybridized carbons (Fsp3) is 0.368. The van der Waals surface area contributed by atoms with Gasteiger partial charge in [-0.2, -0.15) is 4.31 Å². The lowest BCUT2D eigenvalue weighted by Gasteiger charge is -2.25. The van der Waals surface area contributed by atoms with Gasteiger partial charge in [0.2, 0.25) is 10.0 Å². The quantitative estimate of drug-likeness (QED) is 0.793. The molecule has 1 fully saturated rings. The second kappa shape index (κ2) is 7.45. The van der Waals surface area contributed by atoms with Crippen molar-refractivity contribution in [2.75, 3.05) is 20.8 Å². The van der Waals surface area contributed by atoms with Crippen LogP contribution in [-0.2, 0) is 16.4 Å². The van der Waals surface area contributed by atoms with Crippen LogP contribution in [0.1, 0.15) is 18.4 Å². The lowest BCUT2D eigenvalue weighted by molar-refractivity contribution is 0.371. The first-order chi connectivity index (χ1) is 12.1. The Bertz CT molecular complexity index is 821. The van der Waals surface area contributed by atoms with Gasteiger partial charge in [-0.3, -0.25) is 0 Å². The largest absolute Gasteiger partial charge is 0.497 e. The molecule has 0 N–H and O–H groups in total. The maximum atomic E-state index is 13.3. The summed E-state index contributed by atoms with van der Waals surface area (Å²) < 4.78 is 38.6. The van der Waals surface area contributed by atoms with Crippen LogP contribution in [0.5, 0.6) is 11.5 Å². The Morgan fingerprint density at radius 1 is 1.08 bits per heavy atom. The summed E-state index contributed by atoms with van der Waals surface area (Å²) in [4.78, 5) is 0.161. The predicted octanol–water partition coefficient (Wildman–Crippen LogP) is 3.10. The number of methoxy groups -OCH3 is 2. The third kappa shape index (κ3) is 3.65.